The molecule has 0 saturated heterocycles. The summed E-state index contributed by atoms with van der Waals surface area (Å²) in [4.78, 5) is 32.1. The maximum Gasteiger partial charge on any atom is 0.296 e. The van der Waals surface area contributed by atoms with Crippen LogP contribution in [0.2, 0.25) is 0 Å². The molecule has 0 fully saturated rings. The molecule has 2 aromatic carbocycles. The highest BCUT2D eigenvalue weighted by molar-refractivity contribution is 7.22. The summed E-state index contributed by atoms with van der Waals surface area (Å²) in [6.45, 7) is 1.70. The number of hydrogen-bond acceptors (Lipinski definition) is 6. The van der Waals surface area contributed by atoms with Crippen LogP contribution in [0.3, 0.4) is 0 Å². The Morgan fingerprint density at radius 1 is 1.16 bits per heavy atom. The van der Waals surface area contributed by atoms with E-state index in [1.54, 1.807) is 37.3 Å². The molecule has 0 bridgehead atoms. The van der Waals surface area contributed by atoms with E-state index in [0.717, 1.165) is 11.3 Å². The Morgan fingerprint density at radius 3 is 2.65 bits per heavy atom. The largest absolute Gasteiger partial charge is 0.503 e. The van der Waals surface area contributed by atoms with Crippen LogP contribution in [0.1, 0.15) is 27.9 Å². The molecule has 1 atom stereocenters. The summed E-state index contributed by atoms with van der Waals surface area (Å²) in [5.74, 6) is -1.84. The van der Waals surface area contributed by atoms with Gasteiger partial charge in [-0.25, -0.2) is 9.37 Å². The maximum atomic E-state index is 13.7. The fraction of sp³-hybridized carbons (Fsp3) is 0.0870. The van der Waals surface area contributed by atoms with Gasteiger partial charge in [0.1, 0.15) is 11.6 Å². The van der Waals surface area contributed by atoms with Crippen molar-refractivity contribution in [2.24, 2.45) is 0 Å². The van der Waals surface area contributed by atoms with E-state index in [9.17, 15) is 19.1 Å². The third-order valence-corrected chi connectivity index (χ3v) is 6.09. The van der Waals surface area contributed by atoms with Gasteiger partial charge in [0.2, 0.25) is 5.78 Å². The summed E-state index contributed by atoms with van der Waals surface area (Å²) < 4.78 is 19.7. The van der Waals surface area contributed by atoms with E-state index in [-0.39, 0.29) is 16.5 Å². The number of aliphatic hydroxyl groups excluding tert-OH is 1. The van der Waals surface area contributed by atoms with Crippen LogP contribution < -0.4 is 4.90 Å². The van der Waals surface area contributed by atoms with Crippen LogP contribution in [0.5, 0.6) is 0 Å². The van der Waals surface area contributed by atoms with Gasteiger partial charge >= 0.3 is 0 Å². The molecule has 0 aliphatic carbocycles. The van der Waals surface area contributed by atoms with E-state index in [0.29, 0.717) is 21.5 Å². The number of aryl methyl sites for hydroxylation is 1. The fourth-order valence-electron chi connectivity index (χ4n) is 3.66. The molecule has 1 aliphatic heterocycles. The van der Waals surface area contributed by atoms with Gasteiger partial charge in [-0.05, 0) is 42.8 Å². The van der Waals surface area contributed by atoms with Crippen molar-refractivity contribution in [2.75, 3.05) is 4.90 Å². The SMILES string of the molecule is Cc1ccc(C(=O)C2=C(O)C(=O)N(c3nc4ccc(F)cc4s3)[C@H]2c2ccccc2)o1. The quantitative estimate of drug-likeness (QED) is 0.451. The minimum Gasteiger partial charge on any atom is -0.503 e. The van der Waals surface area contributed by atoms with Crippen molar-refractivity contribution in [1.29, 1.82) is 0 Å². The first-order valence-corrected chi connectivity index (χ1v) is 10.2. The zero-order valence-corrected chi connectivity index (χ0v) is 17.0. The number of carbonyl (C=O) groups is 2. The average Bonchev–Trinajstić information content (AvgIpc) is 3.44. The van der Waals surface area contributed by atoms with Gasteiger partial charge in [-0.3, -0.25) is 14.5 Å². The molecule has 0 saturated carbocycles. The number of rotatable bonds is 4. The Labute approximate surface area is 179 Å². The number of ketones is 1. The normalized spacial score (nSPS) is 16.5. The van der Waals surface area contributed by atoms with Gasteiger partial charge in [-0.1, -0.05) is 41.7 Å². The number of nitrogens with zero attached hydrogens (tertiary/aromatic N) is 2. The molecule has 0 spiro atoms. The number of halogens is 1. The lowest BCUT2D eigenvalue weighted by Gasteiger charge is -2.24. The fourth-order valence-corrected chi connectivity index (χ4v) is 4.68. The van der Waals surface area contributed by atoms with Gasteiger partial charge in [0.25, 0.3) is 5.91 Å². The van der Waals surface area contributed by atoms with Gasteiger partial charge in [0.15, 0.2) is 16.7 Å². The number of aromatic nitrogens is 1. The Hall–Kier alpha value is -3.78. The van der Waals surface area contributed by atoms with Crippen molar-refractivity contribution in [2.45, 2.75) is 13.0 Å². The van der Waals surface area contributed by atoms with E-state index in [1.807, 2.05) is 6.07 Å². The van der Waals surface area contributed by atoms with Crippen molar-refractivity contribution in [3.8, 4) is 0 Å². The van der Waals surface area contributed by atoms with Gasteiger partial charge in [-0.15, -0.1) is 0 Å². The highest BCUT2D eigenvalue weighted by atomic mass is 32.1. The third-order valence-electron chi connectivity index (χ3n) is 5.08. The van der Waals surface area contributed by atoms with Crippen molar-refractivity contribution in [3.63, 3.8) is 0 Å². The number of hydrogen-bond donors (Lipinski definition) is 1. The van der Waals surface area contributed by atoms with Gasteiger partial charge < -0.3 is 9.52 Å². The molecular weight excluding hydrogens is 419 g/mol. The van der Waals surface area contributed by atoms with Crippen molar-refractivity contribution in [3.05, 3.63) is 94.9 Å². The Morgan fingerprint density at radius 2 is 1.94 bits per heavy atom. The zero-order chi connectivity index (χ0) is 21.7. The predicted octanol–water partition coefficient (Wildman–Crippen LogP) is 5.12. The lowest BCUT2D eigenvalue weighted by Crippen LogP contribution is -2.30. The molecule has 1 aliphatic rings. The first-order chi connectivity index (χ1) is 14.9. The molecule has 3 heterocycles. The second-order valence-electron chi connectivity index (χ2n) is 7.10. The molecule has 31 heavy (non-hydrogen) atoms. The van der Waals surface area contributed by atoms with Crippen LogP contribution in [-0.2, 0) is 4.79 Å². The Bertz CT molecular complexity index is 1370. The highest BCUT2D eigenvalue weighted by Gasteiger charge is 2.46. The summed E-state index contributed by atoms with van der Waals surface area (Å²) in [5.41, 5.74) is 1.05. The summed E-state index contributed by atoms with van der Waals surface area (Å²) in [6.07, 6.45) is 0. The number of Topliss-reactive ketones (excluding diaryl/α,β-unsaturated/α-hetero) is 1. The standard InChI is InChI=1S/C23H15FN2O4S/c1-12-7-10-16(30-12)20(27)18-19(13-5-3-2-4-6-13)26(22(29)21(18)28)23-25-15-9-8-14(24)11-17(15)31-23/h2-11,19,28H,1H3/t19-/m0/s1. The summed E-state index contributed by atoms with van der Waals surface area (Å²) >= 11 is 1.11. The van der Waals surface area contributed by atoms with E-state index in [1.165, 1.54) is 29.2 Å². The monoisotopic (exact) mass is 434 g/mol. The first kappa shape index (κ1) is 19.2. The van der Waals surface area contributed by atoms with Crippen molar-refractivity contribution in [1.82, 2.24) is 4.98 Å². The molecule has 5 rings (SSSR count). The predicted molar refractivity (Wildman–Crippen MR) is 114 cm³/mol. The van der Waals surface area contributed by atoms with Crippen LogP contribution in [0.4, 0.5) is 9.52 Å². The molecule has 6 nitrogen and oxygen atoms in total. The Kier molecular flexibility index (Phi) is 4.44. The number of anilines is 1. The van der Waals surface area contributed by atoms with E-state index >= 15 is 0 Å². The van der Waals surface area contributed by atoms with E-state index < -0.39 is 29.3 Å². The summed E-state index contributed by atoms with van der Waals surface area (Å²) in [6, 6.07) is 15.3. The lowest BCUT2D eigenvalue weighted by molar-refractivity contribution is -0.117. The zero-order valence-electron chi connectivity index (χ0n) is 16.2. The van der Waals surface area contributed by atoms with Gasteiger partial charge in [0, 0.05) is 0 Å². The minimum atomic E-state index is -0.906. The van der Waals surface area contributed by atoms with Crippen LogP contribution in [0.25, 0.3) is 10.2 Å². The molecular formula is C23H15FN2O4S. The molecule has 8 heteroatoms. The second kappa shape index (κ2) is 7.17. The minimum absolute atomic E-state index is 0.0287. The number of amides is 1. The van der Waals surface area contributed by atoms with Gasteiger partial charge in [0.05, 0.1) is 21.8 Å². The number of thiazole rings is 1. The van der Waals surface area contributed by atoms with Crippen LogP contribution in [0.15, 0.2) is 76.4 Å². The molecule has 154 valence electrons. The maximum absolute atomic E-state index is 13.7. The molecule has 2 aromatic heterocycles. The first-order valence-electron chi connectivity index (χ1n) is 9.43. The van der Waals surface area contributed by atoms with Gasteiger partial charge in [-0.2, -0.15) is 0 Å². The van der Waals surface area contributed by atoms with E-state index in [2.05, 4.69) is 4.98 Å². The average molecular weight is 434 g/mol. The second-order valence-corrected chi connectivity index (χ2v) is 8.11. The third kappa shape index (κ3) is 3.12. The molecule has 0 unspecified atom stereocenters. The smallest absolute Gasteiger partial charge is 0.296 e. The van der Waals surface area contributed by atoms with E-state index in [4.69, 9.17) is 4.42 Å². The summed E-state index contributed by atoms with van der Waals surface area (Å²) in [5, 5.41) is 11.0. The van der Waals surface area contributed by atoms with Crippen LogP contribution in [-0.4, -0.2) is 21.8 Å². The summed E-state index contributed by atoms with van der Waals surface area (Å²) in [7, 11) is 0. The molecule has 1 N–H and O–H groups in total. The topological polar surface area (TPSA) is 83.6 Å². The number of benzene rings is 2. The lowest BCUT2D eigenvalue weighted by atomic mass is 9.95. The van der Waals surface area contributed by atoms with Crippen LogP contribution in [0, 0.1) is 12.7 Å². The highest BCUT2D eigenvalue weighted by Crippen LogP contribution is 2.44. The number of aliphatic hydroxyl groups is 1. The number of carbonyl (C=O) groups excluding carboxylic acids is 2. The molecule has 4 aromatic rings. The van der Waals surface area contributed by atoms with Crippen molar-refractivity contribution >= 4 is 38.4 Å². The Balaban J connectivity index is 1.67. The molecule has 0 radical (unpaired) electrons. The molecule has 1 amide bonds. The number of fused-ring (bicyclic) bond motifs is 1. The van der Waals surface area contributed by atoms with Crippen molar-refractivity contribution < 1.29 is 23.5 Å². The number of furan rings is 1. The van der Waals surface area contributed by atoms with Crippen LogP contribution >= 0.6 is 11.3 Å².